The Morgan fingerprint density at radius 1 is 0.875 bits per heavy atom. The van der Waals surface area contributed by atoms with Gasteiger partial charge in [-0.3, -0.25) is 0 Å². The molecule has 1 heterocycles. The molecular formula is C24H21FN2O4S. The molecule has 0 atom stereocenters. The molecule has 0 unspecified atom stereocenters. The number of aromatic nitrogens is 2. The van der Waals surface area contributed by atoms with E-state index in [1.807, 2.05) is 24.3 Å². The average molecular weight is 453 g/mol. The van der Waals surface area contributed by atoms with Gasteiger partial charge in [0.05, 0.1) is 31.7 Å². The van der Waals surface area contributed by atoms with Crippen molar-refractivity contribution >= 4 is 22.7 Å². The zero-order valence-electron chi connectivity index (χ0n) is 17.6. The van der Waals surface area contributed by atoms with Crippen LogP contribution in [0.1, 0.15) is 0 Å². The molecule has 32 heavy (non-hydrogen) atoms. The summed E-state index contributed by atoms with van der Waals surface area (Å²) >= 11 is 1.61. The van der Waals surface area contributed by atoms with Gasteiger partial charge in [-0.2, -0.15) is 0 Å². The summed E-state index contributed by atoms with van der Waals surface area (Å²) in [4.78, 5) is 9.60. The van der Waals surface area contributed by atoms with E-state index in [1.165, 1.54) is 12.4 Å². The molecular weight excluding hydrogens is 431 g/mol. The largest absolute Gasteiger partial charge is 0.493 e. The molecule has 6 nitrogen and oxygen atoms in total. The first-order valence-electron chi connectivity index (χ1n) is 9.82. The Labute approximate surface area is 189 Å². The Morgan fingerprint density at radius 3 is 2.38 bits per heavy atom. The van der Waals surface area contributed by atoms with Gasteiger partial charge in [0, 0.05) is 16.7 Å². The Hall–Kier alpha value is -3.52. The first-order chi connectivity index (χ1) is 15.7. The van der Waals surface area contributed by atoms with Gasteiger partial charge in [-0.25, -0.2) is 14.4 Å². The van der Waals surface area contributed by atoms with Crippen LogP contribution in [0.3, 0.4) is 0 Å². The van der Waals surface area contributed by atoms with Crippen LogP contribution in [0.25, 0.3) is 10.9 Å². The van der Waals surface area contributed by atoms with E-state index in [0.29, 0.717) is 46.4 Å². The lowest BCUT2D eigenvalue weighted by Crippen LogP contribution is -2.01. The molecule has 0 spiro atoms. The van der Waals surface area contributed by atoms with Crippen LogP contribution in [-0.2, 0) is 0 Å². The van der Waals surface area contributed by atoms with Crippen LogP contribution in [0.5, 0.6) is 28.9 Å². The third-order valence-electron chi connectivity index (χ3n) is 4.59. The van der Waals surface area contributed by atoms with Gasteiger partial charge in [-0.15, -0.1) is 11.8 Å². The standard InChI is InChI=1S/C24H21FN2O4S/c1-28-22-13-18-20(14-23(22)29-2)26-15-27-24(18)31-16-7-9-17(10-8-16)32-12-11-30-21-6-4-3-5-19(21)25/h3-10,13-15H,11-12H2,1-2H3. The van der Waals surface area contributed by atoms with Crippen LogP contribution in [-0.4, -0.2) is 36.5 Å². The smallest absolute Gasteiger partial charge is 0.230 e. The van der Waals surface area contributed by atoms with Gasteiger partial charge in [0.25, 0.3) is 0 Å². The molecule has 164 valence electrons. The van der Waals surface area contributed by atoms with Crippen LogP contribution >= 0.6 is 11.8 Å². The molecule has 0 radical (unpaired) electrons. The molecule has 4 aromatic rings. The number of fused-ring (bicyclic) bond motifs is 1. The Bertz CT molecular complexity index is 1200. The predicted octanol–water partition coefficient (Wildman–Crippen LogP) is 5.75. The number of thioether (sulfide) groups is 1. The van der Waals surface area contributed by atoms with Crippen LogP contribution < -0.4 is 18.9 Å². The molecule has 8 heteroatoms. The molecule has 0 N–H and O–H groups in total. The first-order valence-corrected chi connectivity index (χ1v) is 10.8. The van der Waals surface area contributed by atoms with Crippen molar-refractivity contribution in [3.05, 3.63) is 72.8 Å². The highest BCUT2D eigenvalue weighted by atomic mass is 32.2. The zero-order chi connectivity index (χ0) is 22.3. The maximum Gasteiger partial charge on any atom is 0.230 e. The summed E-state index contributed by atoms with van der Waals surface area (Å²) < 4.78 is 35.8. The van der Waals surface area contributed by atoms with Crippen LogP contribution in [0.2, 0.25) is 0 Å². The van der Waals surface area contributed by atoms with E-state index in [1.54, 1.807) is 56.3 Å². The zero-order valence-corrected chi connectivity index (χ0v) is 18.4. The molecule has 0 aliphatic heterocycles. The molecule has 0 fully saturated rings. The Morgan fingerprint density at radius 2 is 1.62 bits per heavy atom. The van der Waals surface area contributed by atoms with Crippen molar-refractivity contribution in [1.29, 1.82) is 0 Å². The monoisotopic (exact) mass is 452 g/mol. The van der Waals surface area contributed by atoms with Crippen molar-refractivity contribution in [2.75, 3.05) is 26.6 Å². The molecule has 0 saturated heterocycles. The lowest BCUT2D eigenvalue weighted by molar-refractivity contribution is 0.325. The molecule has 0 aliphatic rings. The van der Waals surface area contributed by atoms with Gasteiger partial charge in [0.15, 0.2) is 23.1 Å². The Balaban J connectivity index is 1.39. The summed E-state index contributed by atoms with van der Waals surface area (Å²) in [6, 6.07) is 17.6. The van der Waals surface area contributed by atoms with Gasteiger partial charge in [0.2, 0.25) is 5.88 Å². The van der Waals surface area contributed by atoms with Crippen LogP contribution in [0, 0.1) is 5.82 Å². The van der Waals surface area contributed by atoms with Gasteiger partial charge < -0.3 is 18.9 Å². The highest BCUT2D eigenvalue weighted by molar-refractivity contribution is 7.99. The highest BCUT2D eigenvalue weighted by Gasteiger charge is 2.12. The number of hydrogen-bond acceptors (Lipinski definition) is 7. The van der Waals surface area contributed by atoms with Crippen molar-refractivity contribution in [1.82, 2.24) is 9.97 Å². The fraction of sp³-hybridized carbons (Fsp3) is 0.167. The second kappa shape index (κ2) is 10.2. The van der Waals surface area contributed by atoms with E-state index in [4.69, 9.17) is 18.9 Å². The molecule has 0 amide bonds. The van der Waals surface area contributed by atoms with Crippen molar-refractivity contribution in [3.8, 4) is 28.9 Å². The topological polar surface area (TPSA) is 62.7 Å². The number of benzene rings is 3. The molecule has 0 aliphatic carbocycles. The van der Waals surface area contributed by atoms with Gasteiger partial charge in [-0.1, -0.05) is 12.1 Å². The second-order valence-corrected chi connectivity index (χ2v) is 7.77. The summed E-state index contributed by atoms with van der Waals surface area (Å²) in [7, 11) is 3.15. The van der Waals surface area contributed by atoms with Gasteiger partial charge in [-0.05, 0) is 42.5 Å². The molecule has 0 bridgehead atoms. The quantitative estimate of drug-likeness (QED) is 0.237. The normalized spacial score (nSPS) is 10.7. The minimum Gasteiger partial charge on any atom is -0.493 e. The van der Waals surface area contributed by atoms with E-state index in [-0.39, 0.29) is 11.6 Å². The number of rotatable bonds is 9. The first kappa shape index (κ1) is 21.7. The second-order valence-electron chi connectivity index (χ2n) is 6.60. The SMILES string of the molecule is COc1cc2ncnc(Oc3ccc(SCCOc4ccccc4F)cc3)c2cc1OC. The minimum atomic E-state index is -0.354. The number of ether oxygens (including phenoxy) is 4. The summed E-state index contributed by atoms with van der Waals surface area (Å²) in [5.41, 5.74) is 0.690. The molecule has 3 aromatic carbocycles. The average Bonchev–Trinajstić information content (AvgIpc) is 2.83. The molecule has 4 rings (SSSR count). The summed E-state index contributed by atoms with van der Waals surface area (Å²) in [6.45, 7) is 0.405. The van der Waals surface area contributed by atoms with Gasteiger partial charge >= 0.3 is 0 Å². The van der Waals surface area contributed by atoms with E-state index in [9.17, 15) is 4.39 Å². The number of hydrogen-bond donors (Lipinski definition) is 0. The summed E-state index contributed by atoms with van der Waals surface area (Å²) in [5.74, 6) is 2.83. The maximum absolute atomic E-state index is 13.6. The number of methoxy groups -OCH3 is 2. The minimum absolute atomic E-state index is 0.267. The van der Waals surface area contributed by atoms with E-state index >= 15 is 0 Å². The van der Waals surface area contributed by atoms with Gasteiger partial charge in [0.1, 0.15) is 12.1 Å². The number of para-hydroxylation sites is 1. The highest BCUT2D eigenvalue weighted by Crippen LogP contribution is 2.36. The summed E-state index contributed by atoms with van der Waals surface area (Å²) in [6.07, 6.45) is 1.45. The lowest BCUT2D eigenvalue weighted by Gasteiger charge is -2.11. The van der Waals surface area contributed by atoms with E-state index in [2.05, 4.69) is 9.97 Å². The van der Waals surface area contributed by atoms with E-state index in [0.717, 1.165) is 4.90 Å². The van der Waals surface area contributed by atoms with Crippen LogP contribution in [0.15, 0.2) is 71.9 Å². The molecule has 1 aromatic heterocycles. The van der Waals surface area contributed by atoms with E-state index < -0.39 is 0 Å². The maximum atomic E-state index is 13.6. The lowest BCUT2D eigenvalue weighted by atomic mass is 10.2. The van der Waals surface area contributed by atoms with Crippen molar-refractivity contribution < 1.29 is 23.3 Å². The third-order valence-corrected chi connectivity index (χ3v) is 5.56. The molecule has 0 saturated carbocycles. The third kappa shape index (κ3) is 5.03. The fourth-order valence-corrected chi connectivity index (χ4v) is 3.76. The Kier molecular flexibility index (Phi) is 6.91. The summed E-state index contributed by atoms with van der Waals surface area (Å²) in [5, 5.41) is 0.717. The number of halogens is 1. The van der Waals surface area contributed by atoms with Crippen LogP contribution in [0.4, 0.5) is 4.39 Å². The predicted molar refractivity (Wildman–Crippen MR) is 122 cm³/mol. The fourth-order valence-electron chi connectivity index (χ4n) is 3.03. The van der Waals surface area contributed by atoms with Crippen molar-refractivity contribution in [2.24, 2.45) is 0 Å². The van der Waals surface area contributed by atoms with Crippen molar-refractivity contribution in [2.45, 2.75) is 4.90 Å². The van der Waals surface area contributed by atoms with Crippen molar-refractivity contribution in [3.63, 3.8) is 0 Å². The number of nitrogens with zero attached hydrogens (tertiary/aromatic N) is 2.